The van der Waals surface area contributed by atoms with Crippen molar-refractivity contribution in [1.29, 1.82) is 0 Å². The SMILES string of the molecule is CCNC(=NCC1CCN(c2cccc(OC)c2)C1)NCC1CCCOC1C(C)(C)C. The van der Waals surface area contributed by atoms with Crippen LogP contribution in [0.2, 0.25) is 0 Å². The number of aliphatic imine (C=N–C) groups is 1. The van der Waals surface area contributed by atoms with Crippen molar-refractivity contribution in [2.45, 2.75) is 53.1 Å². The second kappa shape index (κ2) is 11.1. The fraction of sp³-hybridized carbons (Fsp3) is 0.720. The zero-order chi connectivity index (χ0) is 22.3. The van der Waals surface area contributed by atoms with Crippen LogP contribution in [0.1, 0.15) is 47.0 Å². The molecule has 0 saturated carbocycles. The molecule has 174 valence electrons. The molecule has 0 aromatic heterocycles. The van der Waals surface area contributed by atoms with Crippen LogP contribution in [0.5, 0.6) is 5.75 Å². The summed E-state index contributed by atoms with van der Waals surface area (Å²) in [4.78, 5) is 7.37. The number of guanidine groups is 1. The normalized spacial score (nSPS) is 24.9. The summed E-state index contributed by atoms with van der Waals surface area (Å²) in [6.07, 6.45) is 3.83. The first kappa shape index (κ1) is 23.7. The Labute approximate surface area is 188 Å². The summed E-state index contributed by atoms with van der Waals surface area (Å²) >= 11 is 0. The van der Waals surface area contributed by atoms with E-state index in [1.807, 2.05) is 6.07 Å². The van der Waals surface area contributed by atoms with Crippen LogP contribution in [-0.2, 0) is 4.74 Å². The molecule has 0 radical (unpaired) electrons. The average Bonchev–Trinajstić information content (AvgIpc) is 3.24. The van der Waals surface area contributed by atoms with Crippen LogP contribution < -0.4 is 20.3 Å². The lowest BCUT2D eigenvalue weighted by molar-refractivity contribution is -0.0835. The zero-order valence-corrected chi connectivity index (χ0v) is 20.1. The molecule has 0 aliphatic carbocycles. The van der Waals surface area contributed by atoms with Crippen LogP contribution in [-0.4, -0.2) is 58.5 Å². The van der Waals surface area contributed by atoms with Crippen molar-refractivity contribution in [3.05, 3.63) is 24.3 Å². The van der Waals surface area contributed by atoms with E-state index >= 15 is 0 Å². The molecular formula is C25H42N4O2. The van der Waals surface area contributed by atoms with Crippen molar-refractivity contribution in [2.24, 2.45) is 22.2 Å². The predicted molar refractivity (Wildman–Crippen MR) is 129 cm³/mol. The predicted octanol–water partition coefficient (Wildman–Crippen LogP) is 3.92. The standard InChI is InChI=1S/C25H42N4O2/c1-6-26-24(28-17-20-9-8-14-31-23(20)25(2,3)4)27-16-19-12-13-29(18-19)21-10-7-11-22(15-21)30-5/h7,10-11,15,19-20,23H,6,8-9,12-14,16-18H2,1-5H3,(H2,26,27,28). The van der Waals surface area contributed by atoms with Gasteiger partial charge in [0.05, 0.1) is 13.2 Å². The van der Waals surface area contributed by atoms with E-state index in [1.165, 1.54) is 18.5 Å². The molecule has 6 heteroatoms. The van der Waals surface area contributed by atoms with Gasteiger partial charge in [0.2, 0.25) is 0 Å². The molecule has 31 heavy (non-hydrogen) atoms. The van der Waals surface area contributed by atoms with Crippen LogP contribution in [0.25, 0.3) is 0 Å². The maximum Gasteiger partial charge on any atom is 0.191 e. The number of rotatable bonds is 7. The number of methoxy groups -OCH3 is 1. The third-order valence-corrected chi connectivity index (χ3v) is 6.39. The smallest absolute Gasteiger partial charge is 0.191 e. The van der Waals surface area contributed by atoms with Crippen LogP contribution in [0, 0.1) is 17.3 Å². The zero-order valence-electron chi connectivity index (χ0n) is 20.1. The van der Waals surface area contributed by atoms with Crippen LogP contribution in [0.4, 0.5) is 5.69 Å². The average molecular weight is 431 g/mol. The Hall–Kier alpha value is -1.95. The topological polar surface area (TPSA) is 58.1 Å². The Kier molecular flexibility index (Phi) is 8.47. The molecule has 2 N–H and O–H groups in total. The molecule has 3 rings (SSSR count). The minimum absolute atomic E-state index is 0.162. The molecule has 3 unspecified atom stereocenters. The van der Waals surface area contributed by atoms with Gasteiger partial charge in [-0.3, -0.25) is 4.99 Å². The largest absolute Gasteiger partial charge is 0.497 e. The summed E-state index contributed by atoms with van der Waals surface area (Å²) in [5.74, 6) is 2.94. The number of ether oxygens (including phenoxy) is 2. The second-order valence-electron chi connectivity index (χ2n) is 9.96. The lowest BCUT2D eigenvalue weighted by atomic mass is 9.78. The first-order valence-electron chi connectivity index (χ1n) is 11.9. The minimum Gasteiger partial charge on any atom is -0.497 e. The van der Waals surface area contributed by atoms with Gasteiger partial charge in [-0.05, 0) is 49.7 Å². The summed E-state index contributed by atoms with van der Waals surface area (Å²) in [6.45, 7) is 14.6. The van der Waals surface area contributed by atoms with Gasteiger partial charge in [-0.15, -0.1) is 0 Å². The number of hydrogen-bond acceptors (Lipinski definition) is 4. The van der Waals surface area contributed by atoms with Crippen molar-refractivity contribution in [2.75, 3.05) is 51.3 Å². The third kappa shape index (κ3) is 6.76. The lowest BCUT2D eigenvalue weighted by Crippen LogP contribution is -2.47. The summed E-state index contributed by atoms with van der Waals surface area (Å²) in [5.41, 5.74) is 1.40. The number of anilines is 1. The van der Waals surface area contributed by atoms with E-state index in [2.05, 4.69) is 61.4 Å². The maximum atomic E-state index is 6.14. The third-order valence-electron chi connectivity index (χ3n) is 6.39. The van der Waals surface area contributed by atoms with Crippen LogP contribution in [0.3, 0.4) is 0 Å². The van der Waals surface area contributed by atoms with Gasteiger partial charge in [0.1, 0.15) is 5.75 Å². The van der Waals surface area contributed by atoms with E-state index < -0.39 is 0 Å². The lowest BCUT2D eigenvalue weighted by Gasteiger charge is -2.40. The minimum atomic E-state index is 0.162. The molecular weight excluding hydrogens is 388 g/mol. The summed E-state index contributed by atoms with van der Waals surface area (Å²) in [7, 11) is 1.72. The molecule has 1 aromatic rings. The Morgan fingerprint density at radius 3 is 2.84 bits per heavy atom. The number of nitrogens with zero attached hydrogens (tertiary/aromatic N) is 2. The Morgan fingerprint density at radius 2 is 2.10 bits per heavy atom. The Bertz CT molecular complexity index is 716. The summed E-state index contributed by atoms with van der Waals surface area (Å²) < 4.78 is 11.5. The van der Waals surface area contributed by atoms with Gasteiger partial charge in [-0.25, -0.2) is 0 Å². The monoisotopic (exact) mass is 430 g/mol. The molecule has 1 aromatic carbocycles. The van der Waals surface area contributed by atoms with Gasteiger partial charge in [-0.2, -0.15) is 0 Å². The highest BCUT2D eigenvalue weighted by atomic mass is 16.5. The van der Waals surface area contributed by atoms with E-state index in [-0.39, 0.29) is 5.41 Å². The van der Waals surface area contributed by atoms with Gasteiger partial charge in [0.25, 0.3) is 0 Å². The van der Waals surface area contributed by atoms with Crippen LogP contribution in [0.15, 0.2) is 29.3 Å². The molecule has 3 atom stereocenters. The van der Waals surface area contributed by atoms with Crippen LogP contribution >= 0.6 is 0 Å². The summed E-state index contributed by atoms with van der Waals surface area (Å²) in [6, 6.07) is 8.34. The van der Waals surface area contributed by atoms with E-state index in [0.717, 1.165) is 57.5 Å². The highest BCUT2D eigenvalue weighted by molar-refractivity contribution is 5.79. The fourth-order valence-electron chi connectivity index (χ4n) is 4.82. The second-order valence-corrected chi connectivity index (χ2v) is 9.96. The molecule has 6 nitrogen and oxygen atoms in total. The van der Waals surface area contributed by atoms with E-state index in [1.54, 1.807) is 7.11 Å². The molecule has 2 fully saturated rings. The first-order chi connectivity index (χ1) is 14.9. The van der Waals surface area contributed by atoms with Crippen molar-refractivity contribution >= 4 is 11.6 Å². The fourth-order valence-corrected chi connectivity index (χ4v) is 4.82. The summed E-state index contributed by atoms with van der Waals surface area (Å²) in [5, 5.41) is 7.03. The van der Waals surface area contributed by atoms with Gasteiger partial charge >= 0.3 is 0 Å². The van der Waals surface area contributed by atoms with Crippen molar-refractivity contribution in [1.82, 2.24) is 10.6 Å². The van der Waals surface area contributed by atoms with E-state index in [9.17, 15) is 0 Å². The number of benzene rings is 1. The van der Waals surface area contributed by atoms with E-state index in [0.29, 0.717) is 17.9 Å². The molecule has 0 amide bonds. The van der Waals surface area contributed by atoms with Gasteiger partial charge in [-0.1, -0.05) is 26.8 Å². The quantitative estimate of drug-likeness (QED) is 0.507. The Morgan fingerprint density at radius 1 is 1.26 bits per heavy atom. The molecule has 2 aliphatic heterocycles. The van der Waals surface area contributed by atoms with Crippen molar-refractivity contribution in [3.63, 3.8) is 0 Å². The maximum absolute atomic E-state index is 6.14. The first-order valence-corrected chi connectivity index (χ1v) is 11.9. The van der Waals surface area contributed by atoms with Gasteiger partial charge < -0.3 is 25.0 Å². The van der Waals surface area contributed by atoms with Crippen molar-refractivity contribution < 1.29 is 9.47 Å². The molecule has 2 heterocycles. The molecule has 2 aliphatic rings. The Balaban J connectivity index is 1.53. The highest BCUT2D eigenvalue weighted by Gasteiger charge is 2.35. The number of nitrogens with one attached hydrogen (secondary N) is 2. The van der Waals surface area contributed by atoms with Gasteiger partial charge in [0.15, 0.2) is 5.96 Å². The molecule has 2 saturated heterocycles. The highest BCUT2D eigenvalue weighted by Crippen LogP contribution is 2.33. The van der Waals surface area contributed by atoms with Gasteiger partial charge in [0, 0.05) is 57.0 Å². The molecule has 0 spiro atoms. The van der Waals surface area contributed by atoms with E-state index in [4.69, 9.17) is 14.5 Å². The van der Waals surface area contributed by atoms with Crippen molar-refractivity contribution in [3.8, 4) is 5.75 Å². The molecule has 0 bridgehead atoms. The number of hydrogen-bond donors (Lipinski definition) is 2.